The molecule has 1 rings (SSSR count). The molecular weight excluding hydrogens is 273 g/mol. The Kier molecular flexibility index (Phi) is 3.95. The lowest BCUT2D eigenvalue weighted by molar-refractivity contribution is -0.332. The molecule has 0 saturated carbocycles. The van der Waals surface area contributed by atoms with Gasteiger partial charge in [0.1, 0.15) is 6.61 Å². The van der Waals surface area contributed by atoms with Crippen LogP contribution in [0.5, 0.6) is 0 Å². The van der Waals surface area contributed by atoms with Crippen LogP contribution in [0, 0.1) is 0 Å². The van der Waals surface area contributed by atoms with Crippen LogP contribution in [-0.4, -0.2) is 54.2 Å². The van der Waals surface area contributed by atoms with Crippen LogP contribution < -0.4 is 0 Å². The average Bonchev–Trinajstić information content (AvgIpc) is 2.28. The molecule has 6 nitrogen and oxygen atoms in total. The average molecular weight is 286 g/mol. The molecule has 0 aromatic rings. The van der Waals surface area contributed by atoms with Gasteiger partial charge in [-0.25, -0.2) is 4.79 Å². The van der Waals surface area contributed by atoms with E-state index in [1.54, 1.807) is 0 Å². The third-order valence-electron chi connectivity index (χ3n) is 2.56. The van der Waals surface area contributed by atoms with Crippen molar-refractivity contribution in [2.75, 3.05) is 13.7 Å². The Morgan fingerprint density at radius 2 is 2.00 bits per heavy atom. The molecule has 2 atom stereocenters. The summed E-state index contributed by atoms with van der Waals surface area (Å²) in [6, 6.07) is 0. The van der Waals surface area contributed by atoms with E-state index in [0.29, 0.717) is 7.11 Å². The Bertz CT molecular complexity index is 391. The fourth-order valence-corrected chi connectivity index (χ4v) is 1.55. The van der Waals surface area contributed by atoms with Gasteiger partial charge in [-0.3, -0.25) is 4.79 Å². The van der Waals surface area contributed by atoms with Gasteiger partial charge in [-0.05, 0) is 13.8 Å². The molecule has 19 heavy (non-hydrogen) atoms. The largest absolute Gasteiger partial charge is 0.467 e. The van der Waals surface area contributed by atoms with Crippen molar-refractivity contribution in [1.29, 1.82) is 0 Å². The quantitative estimate of drug-likeness (QED) is 0.729. The van der Waals surface area contributed by atoms with E-state index in [1.165, 1.54) is 13.8 Å². The molecule has 0 aromatic carbocycles. The number of aliphatic hydroxyl groups is 1. The summed E-state index contributed by atoms with van der Waals surface area (Å²) < 4.78 is 52.3. The van der Waals surface area contributed by atoms with Crippen molar-refractivity contribution in [1.82, 2.24) is 0 Å². The minimum atomic E-state index is -5.44. The highest BCUT2D eigenvalue weighted by Gasteiger charge is 2.69. The Labute approximate surface area is 106 Å². The molecular formula is C10H13F3O6. The fourth-order valence-electron chi connectivity index (χ4n) is 1.55. The summed E-state index contributed by atoms with van der Waals surface area (Å²) in [5.74, 6) is -4.77. The number of hydrogen-bond donors (Lipinski definition) is 1. The van der Waals surface area contributed by atoms with E-state index < -0.39 is 42.0 Å². The second-order valence-corrected chi connectivity index (χ2v) is 4.41. The van der Waals surface area contributed by atoms with Gasteiger partial charge in [0.15, 0.2) is 17.7 Å². The predicted molar refractivity (Wildman–Crippen MR) is 52.9 cm³/mol. The molecule has 1 aliphatic rings. The van der Waals surface area contributed by atoms with E-state index in [-0.39, 0.29) is 0 Å². The second-order valence-electron chi connectivity index (χ2n) is 4.41. The highest BCUT2D eigenvalue weighted by Crippen LogP contribution is 2.39. The summed E-state index contributed by atoms with van der Waals surface area (Å²) in [5, 5.41) is 9.64. The van der Waals surface area contributed by atoms with E-state index >= 15 is 0 Å². The molecule has 1 fully saturated rings. The van der Waals surface area contributed by atoms with Crippen molar-refractivity contribution in [3.05, 3.63) is 0 Å². The van der Waals surface area contributed by atoms with Crippen molar-refractivity contribution < 1.29 is 42.1 Å². The van der Waals surface area contributed by atoms with Crippen LogP contribution in [0.3, 0.4) is 0 Å². The number of rotatable bonds is 2. The number of hydrogen-bond acceptors (Lipinski definition) is 6. The second kappa shape index (κ2) is 4.73. The zero-order valence-electron chi connectivity index (χ0n) is 10.4. The number of ketones is 1. The third-order valence-corrected chi connectivity index (χ3v) is 2.56. The first-order chi connectivity index (χ1) is 8.45. The topological polar surface area (TPSA) is 82.1 Å². The summed E-state index contributed by atoms with van der Waals surface area (Å²) in [5.41, 5.74) is -4.07. The SMILES string of the molecule is COC(=O)[C@](O)(C1OC(C)(C)OCC1=O)C(F)(F)F. The van der Waals surface area contributed by atoms with Gasteiger partial charge in [0.2, 0.25) is 0 Å². The zero-order chi connectivity index (χ0) is 15.1. The highest BCUT2D eigenvalue weighted by molar-refractivity contribution is 5.94. The molecule has 110 valence electrons. The number of esters is 1. The van der Waals surface area contributed by atoms with E-state index in [0.717, 1.165) is 0 Å². The Balaban J connectivity index is 3.25. The molecule has 1 saturated heterocycles. The van der Waals surface area contributed by atoms with E-state index in [2.05, 4.69) is 4.74 Å². The van der Waals surface area contributed by atoms with Gasteiger partial charge in [0.25, 0.3) is 5.60 Å². The van der Waals surface area contributed by atoms with Crippen LogP contribution in [0.15, 0.2) is 0 Å². The summed E-state index contributed by atoms with van der Waals surface area (Å²) >= 11 is 0. The van der Waals surface area contributed by atoms with Gasteiger partial charge in [-0.15, -0.1) is 0 Å². The molecule has 1 N–H and O–H groups in total. The predicted octanol–water partition coefficient (Wildman–Crippen LogP) is 0.173. The standard InChI is InChI=1S/C10H13F3O6/c1-8(2)18-4-5(14)6(19-8)9(16,7(15)17-3)10(11,12)13/h6,16H,4H2,1-3H3/t6?,9-/m1/s1. The van der Waals surface area contributed by atoms with Gasteiger partial charge in [0.05, 0.1) is 7.11 Å². The lowest BCUT2D eigenvalue weighted by Gasteiger charge is -2.41. The molecule has 0 aromatic heterocycles. The fraction of sp³-hybridized carbons (Fsp3) is 0.800. The zero-order valence-corrected chi connectivity index (χ0v) is 10.4. The van der Waals surface area contributed by atoms with Crippen LogP contribution in [0.1, 0.15) is 13.8 Å². The van der Waals surface area contributed by atoms with Crippen LogP contribution >= 0.6 is 0 Å². The van der Waals surface area contributed by atoms with Gasteiger partial charge in [-0.1, -0.05) is 0 Å². The van der Waals surface area contributed by atoms with Gasteiger partial charge in [-0.2, -0.15) is 13.2 Å². The molecule has 0 spiro atoms. The smallest absolute Gasteiger partial charge is 0.431 e. The number of carbonyl (C=O) groups excluding carboxylic acids is 2. The van der Waals surface area contributed by atoms with Crippen LogP contribution in [0.2, 0.25) is 0 Å². The summed E-state index contributed by atoms with van der Waals surface area (Å²) in [6.07, 6.45) is -7.88. The summed E-state index contributed by atoms with van der Waals surface area (Å²) in [4.78, 5) is 22.7. The number of Topliss-reactive ketones (excluding diaryl/α,β-unsaturated/α-hetero) is 1. The molecule has 0 bridgehead atoms. The van der Waals surface area contributed by atoms with Gasteiger partial charge < -0.3 is 19.3 Å². The molecule has 9 heteroatoms. The Morgan fingerprint density at radius 3 is 2.42 bits per heavy atom. The van der Waals surface area contributed by atoms with Crippen molar-refractivity contribution >= 4 is 11.8 Å². The lowest BCUT2D eigenvalue weighted by atomic mass is 9.91. The molecule has 1 heterocycles. The first-order valence-electron chi connectivity index (χ1n) is 5.17. The number of ether oxygens (including phenoxy) is 3. The Hall–Kier alpha value is -1.19. The highest BCUT2D eigenvalue weighted by atomic mass is 19.4. The molecule has 0 radical (unpaired) electrons. The minimum absolute atomic E-state index is 0.661. The monoisotopic (exact) mass is 286 g/mol. The van der Waals surface area contributed by atoms with Crippen molar-refractivity contribution in [2.24, 2.45) is 0 Å². The van der Waals surface area contributed by atoms with Crippen LogP contribution in [-0.2, 0) is 23.8 Å². The number of carbonyl (C=O) groups is 2. The van der Waals surface area contributed by atoms with Gasteiger partial charge >= 0.3 is 12.1 Å². The first kappa shape index (κ1) is 15.9. The molecule has 0 amide bonds. The normalized spacial score (nSPS) is 26.7. The van der Waals surface area contributed by atoms with Gasteiger partial charge in [0, 0.05) is 0 Å². The maximum atomic E-state index is 12.9. The van der Waals surface area contributed by atoms with Crippen molar-refractivity contribution in [2.45, 2.75) is 37.5 Å². The van der Waals surface area contributed by atoms with Crippen molar-refractivity contribution in [3.8, 4) is 0 Å². The number of alkyl halides is 3. The maximum absolute atomic E-state index is 12.9. The van der Waals surface area contributed by atoms with E-state index in [9.17, 15) is 27.9 Å². The lowest BCUT2D eigenvalue weighted by Crippen LogP contribution is -2.67. The maximum Gasteiger partial charge on any atom is 0.431 e. The number of methoxy groups -OCH3 is 1. The minimum Gasteiger partial charge on any atom is -0.467 e. The molecule has 1 unspecified atom stereocenters. The van der Waals surface area contributed by atoms with Crippen LogP contribution in [0.4, 0.5) is 13.2 Å². The summed E-state index contributed by atoms with van der Waals surface area (Å²) in [7, 11) is 0.661. The van der Waals surface area contributed by atoms with E-state index in [1.807, 2.05) is 0 Å². The van der Waals surface area contributed by atoms with Crippen molar-refractivity contribution in [3.63, 3.8) is 0 Å². The number of halogens is 3. The summed E-state index contributed by atoms with van der Waals surface area (Å²) in [6.45, 7) is 1.79. The van der Waals surface area contributed by atoms with Crippen LogP contribution in [0.25, 0.3) is 0 Å². The Morgan fingerprint density at radius 1 is 1.47 bits per heavy atom. The van der Waals surface area contributed by atoms with E-state index in [4.69, 9.17) is 9.47 Å². The first-order valence-corrected chi connectivity index (χ1v) is 5.17. The third kappa shape index (κ3) is 2.72. The molecule has 1 aliphatic heterocycles. The molecule has 0 aliphatic carbocycles.